The molecule has 0 spiro atoms. The summed E-state index contributed by atoms with van der Waals surface area (Å²) in [6.07, 6.45) is 1.02. The number of hydrogen-bond donors (Lipinski definition) is 1. The lowest BCUT2D eigenvalue weighted by atomic mass is 9.96. The smallest absolute Gasteiger partial charge is 0.225 e. The van der Waals surface area contributed by atoms with Crippen LogP contribution in [0.1, 0.15) is 28.2 Å². The first kappa shape index (κ1) is 18.5. The van der Waals surface area contributed by atoms with E-state index in [0.717, 1.165) is 16.2 Å². The first-order valence-electron chi connectivity index (χ1n) is 8.79. The SMILES string of the molecule is COc1ccccc1CN1C[C@H](C(=O)NCc2ccc(C)s2)CCC1=O. The summed E-state index contributed by atoms with van der Waals surface area (Å²) in [7, 11) is 1.62. The lowest BCUT2D eigenvalue weighted by Crippen LogP contribution is -2.45. The highest BCUT2D eigenvalue weighted by Crippen LogP contribution is 2.24. The van der Waals surface area contributed by atoms with Crippen molar-refractivity contribution in [2.45, 2.75) is 32.9 Å². The molecule has 5 nitrogen and oxygen atoms in total. The summed E-state index contributed by atoms with van der Waals surface area (Å²) in [5.41, 5.74) is 0.957. The van der Waals surface area contributed by atoms with E-state index in [1.54, 1.807) is 23.3 Å². The van der Waals surface area contributed by atoms with Gasteiger partial charge in [0.25, 0.3) is 0 Å². The molecule has 1 N–H and O–H groups in total. The van der Waals surface area contributed by atoms with E-state index in [1.165, 1.54) is 4.88 Å². The summed E-state index contributed by atoms with van der Waals surface area (Å²) in [5, 5.41) is 3.01. The van der Waals surface area contributed by atoms with Crippen molar-refractivity contribution in [3.05, 3.63) is 51.7 Å². The molecule has 1 aliphatic rings. The third-order valence-electron chi connectivity index (χ3n) is 4.66. The van der Waals surface area contributed by atoms with Crippen LogP contribution in [0, 0.1) is 12.8 Å². The van der Waals surface area contributed by atoms with Crippen molar-refractivity contribution in [2.75, 3.05) is 13.7 Å². The number of amides is 2. The van der Waals surface area contributed by atoms with Crippen LogP contribution in [-0.2, 0) is 22.7 Å². The molecular weight excluding hydrogens is 348 g/mol. The van der Waals surface area contributed by atoms with Gasteiger partial charge in [0, 0.05) is 34.8 Å². The van der Waals surface area contributed by atoms with Gasteiger partial charge >= 0.3 is 0 Å². The number of carbonyl (C=O) groups is 2. The molecule has 1 atom stereocenters. The minimum Gasteiger partial charge on any atom is -0.496 e. The Balaban J connectivity index is 1.60. The van der Waals surface area contributed by atoms with Gasteiger partial charge in [-0.25, -0.2) is 0 Å². The lowest BCUT2D eigenvalue weighted by molar-refractivity contribution is -0.139. The van der Waals surface area contributed by atoms with Crippen LogP contribution in [-0.4, -0.2) is 30.4 Å². The number of aryl methyl sites for hydroxylation is 1. The van der Waals surface area contributed by atoms with Crippen molar-refractivity contribution in [3.63, 3.8) is 0 Å². The van der Waals surface area contributed by atoms with Gasteiger partial charge in [-0.1, -0.05) is 18.2 Å². The highest BCUT2D eigenvalue weighted by Gasteiger charge is 2.30. The number of likely N-dealkylation sites (tertiary alicyclic amines) is 1. The van der Waals surface area contributed by atoms with E-state index in [4.69, 9.17) is 4.74 Å². The van der Waals surface area contributed by atoms with Crippen LogP contribution in [0.25, 0.3) is 0 Å². The number of rotatable bonds is 6. The quantitative estimate of drug-likeness (QED) is 0.848. The molecule has 1 aromatic heterocycles. The van der Waals surface area contributed by atoms with E-state index in [1.807, 2.05) is 30.3 Å². The van der Waals surface area contributed by atoms with Gasteiger partial charge in [-0.05, 0) is 31.5 Å². The number of carbonyl (C=O) groups excluding carboxylic acids is 2. The molecule has 0 bridgehead atoms. The molecule has 26 heavy (non-hydrogen) atoms. The molecule has 1 aromatic carbocycles. The maximum atomic E-state index is 12.5. The van der Waals surface area contributed by atoms with Crippen molar-refractivity contribution in [3.8, 4) is 5.75 Å². The highest BCUT2D eigenvalue weighted by molar-refractivity contribution is 7.11. The molecule has 3 rings (SSSR count). The number of thiophene rings is 1. The Morgan fingerprint density at radius 2 is 2.12 bits per heavy atom. The molecule has 1 aliphatic heterocycles. The zero-order valence-corrected chi connectivity index (χ0v) is 16.0. The molecule has 2 amide bonds. The van der Waals surface area contributed by atoms with Gasteiger partial charge in [-0.3, -0.25) is 9.59 Å². The number of ether oxygens (including phenoxy) is 1. The summed E-state index contributed by atoms with van der Waals surface area (Å²) in [4.78, 5) is 29.0. The van der Waals surface area contributed by atoms with Crippen LogP contribution in [0.2, 0.25) is 0 Å². The molecule has 1 saturated heterocycles. The Morgan fingerprint density at radius 3 is 2.85 bits per heavy atom. The minimum absolute atomic E-state index is 0.0218. The van der Waals surface area contributed by atoms with Gasteiger partial charge in [0.15, 0.2) is 0 Å². The van der Waals surface area contributed by atoms with Gasteiger partial charge in [-0.2, -0.15) is 0 Å². The Morgan fingerprint density at radius 1 is 1.31 bits per heavy atom. The summed E-state index contributed by atoms with van der Waals surface area (Å²) >= 11 is 1.69. The normalized spacial score (nSPS) is 17.2. The van der Waals surface area contributed by atoms with Crippen LogP contribution >= 0.6 is 11.3 Å². The van der Waals surface area contributed by atoms with Crippen LogP contribution in [0.4, 0.5) is 0 Å². The fraction of sp³-hybridized carbons (Fsp3) is 0.400. The maximum absolute atomic E-state index is 12.5. The molecule has 1 fully saturated rings. The van der Waals surface area contributed by atoms with E-state index in [0.29, 0.717) is 32.5 Å². The Bertz CT molecular complexity index is 787. The van der Waals surface area contributed by atoms with Gasteiger partial charge in [-0.15, -0.1) is 11.3 Å². The number of piperidine rings is 1. The predicted octanol–water partition coefficient (Wildman–Crippen LogP) is 3.12. The Kier molecular flexibility index (Phi) is 5.93. The van der Waals surface area contributed by atoms with E-state index in [9.17, 15) is 9.59 Å². The first-order chi connectivity index (χ1) is 12.6. The molecule has 2 heterocycles. The first-order valence-corrected chi connectivity index (χ1v) is 9.61. The van der Waals surface area contributed by atoms with Crippen molar-refractivity contribution in [1.29, 1.82) is 0 Å². The summed E-state index contributed by atoms with van der Waals surface area (Å²) in [5.74, 6) is 0.714. The second-order valence-electron chi connectivity index (χ2n) is 6.55. The zero-order chi connectivity index (χ0) is 18.5. The van der Waals surface area contributed by atoms with Gasteiger partial charge in [0.1, 0.15) is 5.75 Å². The Labute approximate surface area is 158 Å². The van der Waals surface area contributed by atoms with E-state index in [2.05, 4.69) is 18.3 Å². The monoisotopic (exact) mass is 372 g/mol. The molecule has 138 valence electrons. The fourth-order valence-electron chi connectivity index (χ4n) is 3.22. The van der Waals surface area contributed by atoms with Crippen molar-refractivity contribution in [2.24, 2.45) is 5.92 Å². The van der Waals surface area contributed by atoms with Crippen molar-refractivity contribution < 1.29 is 14.3 Å². The van der Waals surface area contributed by atoms with Gasteiger partial charge < -0.3 is 15.0 Å². The molecule has 2 aromatic rings. The molecule has 0 saturated carbocycles. The molecule has 0 unspecified atom stereocenters. The molecule has 6 heteroatoms. The number of nitrogens with one attached hydrogen (secondary N) is 1. The fourth-order valence-corrected chi connectivity index (χ4v) is 4.05. The predicted molar refractivity (Wildman–Crippen MR) is 102 cm³/mol. The zero-order valence-electron chi connectivity index (χ0n) is 15.2. The molecule has 0 aliphatic carbocycles. The summed E-state index contributed by atoms with van der Waals surface area (Å²) < 4.78 is 5.37. The lowest BCUT2D eigenvalue weighted by Gasteiger charge is -2.32. The van der Waals surface area contributed by atoms with Crippen LogP contribution in [0.3, 0.4) is 0 Å². The second-order valence-corrected chi connectivity index (χ2v) is 7.92. The van der Waals surface area contributed by atoms with Gasteiger partial charge in [0.2, 0.25) is 11.8 Å². The molecule has 0 radical (unpaired) electrons. The topological polar surface area (TPSA) is 58.6 Å². The van der Waals surface area contributed by atoms with Gasteiger partial charge in [0.05, 0.1) is 19.6 Å². The van der Waals surface area contributed by atoms with Crippen LogP contribution in [0.15, 0.2) is 36.4 Å². The summed E-state index contributed by atoms with van der Waals surface area (Å²) in [6.45, 7) is 3.52. The number of methoxy groups -OCH3 is 1. The third kappa shape index (κ3) is 4.43. The standard InChI is InChI=1S/C20H24N2O3S/c1-14-7-9-17(26-14)11-21-20(24)16-8-10-19(23)22(13-16)12-15-5-3-4-6-18(15)25-2/h3-7,9,16H,8,10-13H2,1-2H3,(H,21,24)/t16-/m1/s1. The largest absolute Gasteiger partial charge is 0.496 e. The van der Waals surface area contributed by atoms with E-state index < -0.39 is 0 Å². The van der Waals surface area contributed by atoms with E-state index >= 15 is 0 Å². The summed E-state index contributed by atoms with van der Waals surface area (Å²) in [6, 6.07) is 11.8. The maximum Gasteiger partial charge on any atom is 0.225 e. The third-order valence-corrected chi connectivity index (χ3v) is 5.66. The number of hydrogen-bond acceptors (Lipinski definition) is 4. The second kappa shape index (κ2) is 8.36. The average Bonchev–Trinajstić information content (AvgIpc) is 3.07. The van der Waals surface area contributed by atoms with E-state index in [-0.39, 0.29) is 17.7 Å². The number of benzene rings is 1. The minimum atomic E-state index is -0.163. The van der Waals surface area contributed by atoms with Crippen LogP contribution in [0.5, 0.6) is 5.75 Å². The number of nitrogens with zero attached hydrogens (tertiary/aromatic N) is 1. The average molecular weight is 372 g/mol. The Hall–Kier alpha value is -2.34. The van der Waals surface area contributed by atoms with Crippen molar-refractivity contribution in [1.82, 2.24) is 10.2 Å². The van der Waals surface area contributed by atoms with Crippen molar-refractivity contribution >= 4 is 23.2 Å². The number of para-hydroxylation sites is 1. The molecular formula is C20H24N2O3S. The van der Waals surface area contributed by atoms with Crippen LogP contribution < -0.4 is 10.1 Å². The highest BCUT2D eigenvalue weighted by atomic mass is 32.1.